The van der Waals surface area contributed by atoms with Crippen LogP contribution in [-0.2, 0) is 43.0 Å². The molecule has 4 aromatic carbocycles. The Bertz CT molecular complexity index is 2930. The van der Waals surface area contributed by atoms with Crippen molar-refractivity contribution in [1.29, 1.82) is 0 Å². The Morgan fingerprint density at radius 2 is 0.987 bits per heavy atom. The van der Waals surface area contributed by atoms with E-state index in [-0.39, 0.29) is 54.9 Å². The zero-order valence-corrected chi connectivity index (χ0v) is 47.7. The summed E-state index contributed by atoms with van der Waals surface area (Å²) < 4.78 is 67.6. The van der Waals surface area contributed by atoms with Crippen LogP contribution in [0.15, 0.2) is 122 Å². The highest BCUT2D eigenvalue weighted by molar-refractivity contribution is 7.90. The van der Waals surface area contributed by atoms with E-state index < -0.39 is 20.4 Å². The Morgan fingerprint density at radius 1 is 0.615 bits per heavy atom. The lowest BCUT2D eigenvalue weighted by molar-refractivity contribution is -0.140. The number of ether oxygens (including phenoxy) is 3. The molecular weight excluding hydrogens is 1090 g/mol. The van der Waals surface area contributed by atoms with E-state index in [1.165, 1.54) is 39.8 Å². The van der Waals surface area contributed by atoms with Gasteiger partial charge in [0.2, 0.25) is 0 Å². The summed E-state index contributed by atoms with van der Waals surface area (Å²) in [5.74, 6) is 1.50. The highest BCUT2D eigenvalue weighted by atomic mass is 35.5. The van der Waals surface area contributed by atoms with E-state index in [0.29, 0.717) is 40.5 Å². The topological polar surface area (TPSA) is 272 Å². The number of esters is 1. The lowest BCUT2D eigenvalue weighted by atomic mass is 10.0. The van der Waals surface area contributed by atoms with E-state index in [2.05, 4.69) is 58.2 Å². The van der Waals surface area contributed by atoms with E-state index >= 15 is 0 Å². The maximum Gasteiger partial charge on any atom is 0.329 e. The molecule has 22 nitrogen and oxygen atoms in total. The van der Waals surface area contributed by atoms with Crippen LogP contribution in [0.2, 0.25) is 0 Å². The van der Waals surface area contributed by atoms with Gasteiger partial charge in [-0.1, -0.05) is 48.5 Å². The van der Waals surface area contributed by atoms with Crippen LogP contribution in [0.4, 0.5) is 21.0 Å². The van der Waals surface area contributed by atoms with Crippen LogP contribution in [-0.4, -0.2) is 147 Å². The lowest BCUT2D eigenvalue weighted by Crippen LogP contribution is -2.46. The molecule has 6 N–H and O–H groups in total. The molecule has 2 aliphatic rings. The van der Waals surface area contributed by atoms with Crippen molar-refractivity contribution in [1.82, 2.24) is 38.7 Å². The summed E-state index contributed by atoms with van der Waals surface area (Å²) in [5, 5.41) is 10.1. The standard InChI is InChI=1S/2C24H30N6O4S.C4H8O2.2ClH/c2*1-28(21-9-11-29(12-10-21)15-18-5-3-8-22(13-18)34-2)24(31)30-16-23(26-17-30)19-6-4-7-20(14-19)27-35(25,32)33;1-3-6-4(2)5;;/h2*3-8,13-14,16-17,21,27H,9-12,15H2,1-2H3,(H2,25,32,33);3H2,1-2H3;2*1H. The molecule has 2 saturated heterocycles. The Hall–Kier alpha value is -6.77. The van der Waals surface area contributed by atoms with Crippen molar-refractivity contribution in [3.05, 3.63) is 133 Å². The van der Waals surface area contributed by atoms with Crippen molar-refractivity contribution in [2.45, 2.75) is 64.7 Å². The van der Waals surface area contributed by atoms with Gasteiger partial charge in [-0.2, -0.15) is 16.8 Å². The number of methoxy groups -OCH3 is 2. The number of amides is 2. The van der Waals surface area contributed by atoms with Crippen molar-refractivity contribution in [3.63, 3.8) is 0 Å². The number of piperidine rings is 2. The fourth-order valence-electron chi connectivity index (χ4n) is 8.83. The minimum absolute atomic E-state index is 0. The average molecular weight is 1160 g/mol. The molecular formula is C52H70Cl2N12O10S2. The number of anilines is 2. The summed E-state index contributed by atoms with van der Waals surface area (Å²) in [7, 11) is -0.776. The quantitative estimate of drug-likeness (QED) is 0.0763. The second-order valence-corrected chi connectivity index (χ2v) is 20.8. The van der Waals surface area contributed by atoms with Crippen molar-refractivity contribution >= 4 is 74.6 Å². The Kier molecular flexibility index (Phi) is 24.4. The molecule has 26 heteroatoms. The van der Waals surface area contributed by atoms with Gasteiger partial charge in [0, 0.05) is 95.9 Å². The molecule has 2 fully saturated rings. The second kappa shape index (κ2) is 29.8. The van der Waals surface area contributed by atoms with Crippen LogP contribution >= 0.6 is 24.8 Å². The van der Waals surface area contributed by atoms with Gasteiger partial charge in [0.15, 0.2) is 0 Å². The van der Waals surface area contributed by atoms with Crippen LogP contribution in [0.3, 0.4) is 0 Å². The predicted octanol–water partition coefficient (Wildman–Crippen LogP) is 6.89. The Balaban J connectivity index is 0.000000298. The third-order valence-corrected chi connectivity index (χ3v) is 13.7. The van der Waals surface area contributed by atoms with Crippen molar-refractivity contribution in [2.75, 3.05) is 70.5 Å². The van der Waals surface area contributed by atoms with E-state index in [1.54, 1.807) is 91.9 Å². The van der Waals surface area contributed by atoms with Crippen LogP contribution in [0.1, 0.15) is 50.7 Å². The zero-order chi connectivity index (χ0) is 55.0. The molecule has 6 aromatic rings. The van der Waals surface area contributed by atoms with Gasteiger partial charge in [0.05, 0.1) is 43.6 Å². The maximum absolute atomic E-state index is 13.1. The highest BCUT2D eigenvalue weighted by Gasteiger charge is 2.28. The molecule has 0 saturated carbocycles. The van der Waals surface area contributed by atoms with E-state index in [9.17, 15) is 31.2 Å². The fourth-order valence-corrected chi connectivity index (χ4v) is 9.74. The van der Waals surface area contributed by atoms with Crippen molar-refractivity contribution in [3.8, 4) is 34.0 Å². The number of rotatable bonds is 15. The van der Waals surface area contributed by atoms with E-state index in [1.807, 2.05) is 38.4 Å². The minimum Gasteiger partial charge on any atom is -0.497 e. The van der Waals surface area contributed by atoms with Gasteiger partial charge < -0.3 is 24.0 Å². The smallest absolute Gasteiger partial charge is 0.329 e. The first-order valence-corrected chi connectivity index (χ1v) is 27.6. The molecule has 0 radical (unpaired) electrons. The molecule has 8 rings (SSSR count). The Morgan fingerprint density at radius 3 is 1.31 bits per heavy atom. The first-order valence-electron chi connectivity index (χ1n) is 24.5. The molecule has 2 aliphatic heterocycles. The molecule has 78 heavy (non-hydrogen) atoms. The van der Waals surface area contributed by atoms with Crippen LogP contribution in [0.5, 0.6) is 11.5 Å². The number of hydrogen-bond acceptors (Lipinski definition) is 14. The number of nitrogens with zero attached hydrogens (tertiary/aromatic N) is 8. The minimum atomic E-state index is -3.88. The number of carbonyl (C=O) groups excluding carboxylic acids is 3. The van der Waals surface area contributed by atoms with Gasteiger partial charge in [-0.3, -0.25) is 33.2 Å². The molecule has 0 bridgehead atoms. The average Bonchev–Trinajstić information content (AvgIpc) is 4.12. The molecule has 2 aromatic heterocycles. The van der Waals surface area contributed by atoms with Gasteiger partial charge in [-0.05, 0) is 92.3 Å². The monoisotopic (exact) mass is 1160 g/mol. The highest BCUT2D eigenvalue weighted by Crippen LogP contribution is 2.26. The number of nitrogens with two attached hydrogens (primary N) is 2. The molecule has 4 heterocycles. The van der Waals surface area contributed by atoms with Gasteiger partial charge >= 0.3 is 18.0 Å². The van der Waals surface area contributed by atoms with Gasteiger partial charge in [-0.15, -0.1) is 24.8 Å². The molecule has 0 spiro atoms. The summed E-state index contributed by atoms with van der Waals surface area (Å²) >= 11 is 0. The summed E-state index contributed by atoms with van der Waals surface area (Å²) in [6.45, 7) is 8.96. The number of carbonyl (C=O) groups is 3. The van der Waals surface area contributed by atoms with E-state index in [4.69, 9.17) is 19.8 Å². The fraction of sp³-hybridized carbons (Fsp3) is 0.365. The molecule has 424 valence electrons. The molecule has 2 amide bonds. The van der Waals surface area contributed by atoms with Crippen molar-refractivity contribution < 1.29 is 45.4 Å². The second-order valence-electron chi connectivity index (χ2n) is 18.2. The first-order chi connectivity index (χ1) is 36.2. The number of likely N-dealkylation sites (tertiary alicyclic amines) is 2. The number of aromatic nitrogens is 4. The number of nitrogens with one attached hydrogen (secondary N) is 2. The largest absolute Gasteiger partial charge is 0.497 e. The summed E-state index contributed by atoms with van der Waals surface area (Å²) in [5.41, 5.74) is 5.50. The molecule has 0 atom stereocenters. The van der Waals surface area contributed by atoms with Crippen LogP contribution < -0.4 is 29.2 Å². The third kappa shape index (κ3) is 19.6. The third-order valence-electron chi connectivity index (χ3n) is 12.7. The van der Waals surface area contributed by atoms with Gasteiger partial charge in [0.1, 0.15) is 24.2 Å². The molecule has 0 unspecified atom stereocenters. The summed E-state index contributed by atoms with van der Waals surface area (Å²) in [4.78, 5) is 53.0. The van der Waals surface area contributed by atoms with Crippen LogP contribution in [0.25, 0.3) is 22.5 Å². The predicted molar refractivity (Wildman–Crippen MR) is 305 cm³/mol. The van der Waals surface area contributed by atoms with Crippen molar-refractivity contribution in [2.24, 2.45) is 10.3 Å². The van der Waals surface area contributed by atoms with Crippen LogP contribution in [0, 0.1) is 0 Å². The Labute approximate surface area is 469 Å². The number of halogens is 2. The van der Waals surface area contributed by atoms with E-state index in [0.717, 1.165) is 76.5 Å². The summed E-state index contributed by atoms with van der Waals surface area (Å²) in [6, 6.07) is 29.5. The number of hydrogen-bond donors (Lipinski definition) is 4. The normalized spacial score (nSPS) is 14.1. The molecule has 0 aliphatic carbocycles. The summed E-state index contributed by atoms with van der Waals surface area (Å²) in [6.07, 6.45) is 9.78. The zero-order valence-electron chi connectivity index (χ0n) is 44.4. The lowest BCUT2D eigenvalue weighted by Gasteiger charge is -2.36. The number of imidazole rings is 2. The maximum atomic E-state index is 13.1. The SMILES string of the molecule is CCOC(C)=O.COc1cccc(CN2CCC(N(C)C(=O)n3cnc(-c4cccc(NS(N)(=O)=O)c4)c3)CC2)c1.COc1cccc(CN2CCC(N(C)C(=O)n3cnc(-c4cccc(NS(N)(=O)=O)c4)c3)CC2)c1.Cl.Cl. The van der Waals surface area contributed by atoms with Gasteiger partial charge in [-0.25, -0.2) is 29.8 Å². The van der Waals surface area contributed by atoms with Gasteiger partial charge in [0.25, 0.3) is 20.4 Å². The first kappa shape index (κ1) is 63.8. The number of benzene rings is 4.